The quantitative estimate of drug-likeness (QED) is 0.946. The number of halogens is 3. The average Bonchev–Trinajstić information content (AvgIpc) is 2.85. The third kappa shape index (κ3) is 4.25. The Morgan fingerprint density at radius 1 is 1.14 bits per heavy atom. The van der Waals surface area contributed by atoms with E-state index in [0.717, 1.165) is 17.1 Å². The van der Waals surface area contributed by atoms with Crippen molar-refractivity contribution in [2.24, 2.45) is 0 Å². The molecule has 0 radical (unpaired) electrons. The van der Waals surface area contributed by atoms with Crippen molar-refractivity contribution in [2.45, 2.75) is 39.0 Å². The molecule has 0 amide bonds. The first-order chi connectivity index (χ1) is 9.65. The smallest absolute Gasteiger partial charge is 0.306 e. The minimum absolute atomic E-state index is 0.0516. The van der Waals surface area contributed by atoms with Crippen LogP contribution in [-0.2, 0) is 12.7 Å². The molecule has 0 aliphatic carbocycles. The van der Waals surface area contributed by atoms with Crippen molar-refractivity contribution >= 4 is 0 Å². The molecule has 2 heterocycles. The molecule has 1 N–H and O–H groups in total. The number of nitrogens with one attached hydrogen (secondary N) is 1. The third-order valence-corrected chi connectivity index (χ3v) is 2.65. The summed E-state index contributed by atoms with van der Waals surface area (Å²) in [5, 5.41) is 14.8. The van der Waals surface area contributed by atoms with Crippen LogP contribution in [0.2, 0.25) is 0 Å². The Morgan fingerprint density at radius 3 is 2.33 bits per heavy atom. The number of hydrogen-bond donors (Lipinski definition) is 1. The zero-order valence-corrected chi connectivity index (χ0v) is 11.9. The van der Waals surface area contributed by atoms with E-state index in [4.69, 9.17) is 0 Å². The molecule has 0 saturated carbocycles. The molecule has 0 fully saturated rings. The Bertz CT molecular complexity index is 596. The second kappa shape index (κ2) is 5.44. The Labute approximate surface area is 120 Å². The minimum Gasteiger partial charge on any atom is -0.306 e. The van der Waals surface area contributed by atoms with Crippen molar-refractivity contribution in [3.8, 4) is 5.82 Å². The highest BCUT2D eigenvalue weighted by molar-refractivity contribution is 5.23. The van der Waals surface area contributed by atoms with Crippen molar-refractivity contribution in [2.75, 3.05) is 0 Å². The standard InChI is InChI=1S/C13H16F3N5/c1-12(2,3)17-7-10-4-5-11(20-19-10)21-8-9(6-18-21)13(14,15)16/h4-6,8,17H,7H2,1-3H3. The molecule has 0 unspecified atom stereocenters. The van der Waals surface area contributed by atoms with Gasteiger partial charge in [-0.15, -0.1) is 5.10 Å². The molecular formula is C13H16F3N5. The van der Waals surface area contributed by atoms with Gasteiger partial charge in [0.25, 0.3) is 0 Å². The fraction of sp³-hybridized carbons (Fsp3) is 0.462. The van der Waals surface area contributed by atoms with Gasteiger partial charge in [-0.25, -0.2) is 4.68 Å². The Morgan fingerprint density at radius 2 is 1.86 bits per heavy atom. The van der Waals surface area contributed by atoms with Crippen LogP contribution < -0.4 is 5.32 Å². The SMILES string of the molecule is CC(C)(C)NCc1ccc(-n2cc(C(F)(F)F)cn2)nn1. The van der Waals surface area contributed by atoms with Crippen LogP contribution in [0.4, 0.5) is 13.2 Å². The second-order valence-corrected chi connectivity index (χ2v) is 5.66. The summed E-state index contributed by atoms with van der Waals surface area (Å²) in [5.41, 5.74) is -0.163. The van der Waals surface area contributed by atoms with E-state index >= 15 is 0 Å². The fourth-order valence-corrected chi connectivity index (χ4v) is 1.52. The summed E-state index contributed by atoms with van der Waals surface area (Å²) in [6.45, 7) is 6.61. The van der Waals surface area contributed by atoms with Crippen LogP contribution >= 0.6 is 0 Å². The predicted octanol–water partition coefficient (Wildman–Crippen LogP) is 2.57. The van der Waals surface area contributed by atoms with Crippen molar-refractivity contribution in [1.82, 2.24) is 25.3 Å². The largest absolute Gasteiger partial charge is 0.419 e. The molecule has 21 heavy (non-hydrogen) atoms. The lowest BCUT2D eigenvalue weighted by Gasteiger charge is -2.19. The van der Waals surface area contributed by atoms with Crippen LogP contribution in [0.1, 0.15) is 32.0 Å². The number of rotatable bonds is 3. The normalized spacial score (nSPS) is 12.7. The summed E-state index contributed by atoms with van der Waals surface area (Å²) in [7, 11) is 0. The molecule has 0 atom stereocenters. The van der Waals surface area contributed by atoms with E-state index in [2.05, 4.69) is 20.6 Å². The maximum absolute atomic E-state index is 12.5. The van der Waals surface area contributed by atoms with Gasteiger partial charge in [-0.05, 0) is 32.9 Å². The van der Waals surface area contributed by atoms with Gasteiger partial charge < -0.3 is 5.32 Å². The highest BCUT2D eigenvalue weighted by Gasteiger charge is 2.32. The lowest BCUT2D eigenvalue weighted by Crippen LogP contribution is -2.35. The molecule has 8 heteroatoms. The summed E-state index contributed by atoms with van der Waals surface area (Å²) in [4.78, 5) is 0. The summed E-state index contributed by atoms with van der Waals surface area (Å²) >= 11 is 0. The van der Waals surface area contributed by atoms with Crippen LogP contribution in [0, 0.1) is 0 Å². The van der Waals surface area contributed by atoms with Crippen molar-refractivity contribution in [1.29, 1.82) is 0 Å². The molecule has 2 rings (SSSR count). The maximum atomic E-state index is 12.5. The highest BCUT2D eigenvalue weighted by atomic mass is 19.4. The van der Waals surface area contributed by atoms with Crippen LogP contribution in [0.25, 0.3) is 5.82 Å². The Hall–Kier alpha value is -1.96. The van der Waals surface area contributed by atoms with E-state index in [1.54, 1.807) is 12.1 Å². The summed E-state index contributed by atoms with van der Waals surface area (Å²) in [5.74, 6) is 0.241. The van der Waals surface area contributed by atoms with Gasteiger partial charge in [0.2, 0.25) is 0 Å². The molecule has 0 aromatic carbocycles. The third-order valence-electron chi connectivity index (χ3n) is 2.65. The van der Waals surface area contributed by atoms with Crippen LogP contribution in [0.3, 0.4) is 0 Å². The lowest BCUT2D eigenvalue weighted by atomic mass is 10.1. The molecule has 0 aliphatic rings. The molecule has 0 saturated heterocycles. The first-order valence-corrected chi connectivity index (χ1v) is 6.35. The van der Waals surface area contributed by atoms with Crippen LogP contribution in [0.15, 0.2) is 24.5 Å². The highest BCUT2D eigenvalue weighted by Crippen LogP contribution is 2.28. The fourth-order valence-electron chi connectivity index (χ4n) is 1.52. The van der Waals surface area contributed by atoms with Gasteiger partial charge in [-0.3, -0.25) is 0 Å². The topological polar surface area (TPSA) is 55.6 Å². The minimum atomic E-state index is -4.41. The monoisotopic (exact) mass is 299 g/mol. The van der Waals surface area contributed by atoms with Crippen LogP contribution in [-0.4, -0.2) is 25.5 Å². The van der Waals surface area contributed by atoms with Crippen molar-refractivity contribution in [3.05, 3.63) is 35.8 Å². The Balaban J connectivity index is 2.10. The molecule has 2 aromatic rings. The molecule has 0 bridgehead atoms. The van der Waals surface area contributed by atoms with Gasteiger partial charge in [0.1, 0.15) is 0 Å². The maximum Gasteiger partial charge on any atom is 0.419 e. The van der Waals surface area contributed by atoms with Gasteiger partial charge in [-0.1, -0.05) is 0 Å². The Kier molecular flexibility index (Phi) is 3.99. The number of alkyl halides is 3. The van der Waals surface area contributed by atoms with Crippen molar-refractivity contribution < 1.29 is 13.2 Å². The summed E-state index contributed by atoms with van der Waals surface area (Å²) in [6, 6.07) is 3.29. The summed E-state index contributed by atoms with van der Waals surface area (Å²) in [6.07, 6.45) is -2.77. The molecule has 0 aliphatic heterocycles. The first kappa shape index (κ1) is 15.4. The molecule has 0 spiro atoms. The van der Waals surface area contributed by atoms with E-state index < -0.39 is 11.7 Å². The van der Waals surface area contributed by atoms with E-state index in [1.165, 1.54) is 0 Å². The molecule has 114 valence electrons. The number of nitrogens with zero attached hydrogens (tertiary/aromatic N) is 4. The van der Waals surface area contributed by atoms with Gasteiger partial charge in [0, 0.05) is 18.3 Å². The predicted molar refractivity (Wildman–Crippen MR) is 70.7 cm³/mol. The van der Waals surface area contributed by atoms with E-state index in [-0.39, 0.29) is 11.4 Å². The van der Waals surface area contributed by atoms with E-state index in [0.29, 0.717) is 12.2 Å². The van der Waals surface area contributed by atoms with Gasteiger partial charge in [0.15, 0.2) is 5.82 Å². The van der Waals surface area contributed by atoms with Gasteiger partial charge in [-0.2, -0.15) is 23.4 Å². The second-order valence-electron chi connectivity index (χ2n) is 5.66. The molecular weight excluding hydrogens is 283 g/mol. The van der Waals surface area contributed by atoms with Gasteiger partial charge in [0.05, 0.1) is 17.5 Å². The van der Waals surface area contributed by atoms with Crippen molar-refractivity contribution in [3.63, 3.8) is 0 Å². The zero-order chi connectivity index (χ0) is 15.7. The zero-order valence-electron chi connectivity index (χ0n) is 11.9. The van der Waals surface area contributed by atoms with E-state index in [1.807, 2.05) is 20.8 Å². The lowest BCUT2D eigenvalue weighted by molar-refractivity contribution is -0.137. The first-order valence-electron chi connectivity index (χ1n) is 6.35. The number of aromatic nitrogens is 4. The summed E-state index contributed by atoms with van der Waals surface area (Å²) < 4.78 is 38.5. The van der Waals surface area contributed by atoms with Gasteiger partial charge >= 0.3 is 6.18 Å². The number of hydrogen-bond acceptors (Lipinski definition) is 4. The van der Waals surface area contributed by atoms with E-state index in [9.17, 15) is 13.2 Å². The average molecular weight is 299 g/mol. The molecule has 5 nitrogen and oxygen atoms in total. The van der Waals surface area contributed by atoms with Crippen LogP contribution in [0.5, 0.6) is 0 Å². The molecule has 2 aromatic heterocycles.